The Morgan fingerprint density at radius 1 is 1.55 bits per heavy atom. The Labute approximate surface area is 115 Å². The van der Waals surface area contributed by atoms with Crippen LogP contribution in [0.2, 0.25) is 0 Å². The summed E-state index contributed by atoms with van der Waals surface area (Å²) in [6.07, 6.45) is 2.68. The summed E-state index contributed by atoms with van der Waals surface area (Å²) < 4.78 is 15.2. The van der Waals surface area contributed by atoms with E-state index in [2.05, 4.69) is 15.4 Å². The summed E-state index contributed by atoms with van der Waals surface area (Å²) in [5.41, 5.74) is 0.444. The summed E-state index contributed by atoms with van der Waals surface area (Å²) in [5.74, 6) is -0.981. The maximum Gasteiger partial charge on any atom is 0.251 e. The summed E-state index contributed by atoms with van der Waals surface area (Å²) in [4.78, 5) is 15.6. The van der Waals surface area contributed by atoms with Crippen LogP contribution in [0, 0.1) is 11.7 Å². The van der Waals surface area contributed by atoms with Crippen molar-refractivity contribution in [3.8, 4) is 5.69 Å². The minimum Gasteiger partial charge on any atom is -0.396 e. The van der Waals surface area contributed by atoms with Gasteiger partial charge in [-0.25, -0.2) is 14.1 Å². The quantitative estimate of drug-likeness (QED) is 0.846. The van der Waals surface area contributed by atoms with Gasteiger partial charge in [-0.2, -0.15) is 5.10 Å². The van der Waals surface area contributed by atoms with E-state index >= 15 is 0 Å². The van der Waals surface area contributed by atoms with Crippen LogP contribution in [0.25, 0.3) is 5.69 Å². The highest BCUT2D eigenvalue weighted by atomic mass is 19.1. The average molecular weight is 278 g/mol. The zero-order chi connectivity index (χ0) is 14.5. The molecule has 1 amide bonds. The van der Waals surface area contributed by atoms with Gasteiger partial charge >= 0.3 is 0 Å². The van der Waals surface area contributed by atoms with Crippen molar-refractivity contribution >= 4 is 5.91 Å². The first-order valence-electron chi connectivity index (χ1n) is 6.15. The molecule has 1 atom stereocenters. The SMILES string of the molecule is CC(CO)CNC(=O)c1ccc(-n2cncn2)c(F)c1. The molecule has 2 N–H and O–H groups in total. The summed E-state index contributed by atoms with van der Waals surface area (Å²) in [7, 11) is 0. The van der Waals surface area contributed by atoms with E-state index in [4.69, 9.17) is 5.11 Å². The molecule has 0 fully saturated rings. The highest BCUT2D eigenvalue weighted by molar-refractivity contribution is 5.94. The Morgan fingerprint density at radius 3 is 2.95 bits per heavy atom. The Morgan fingerprint density at radius 2 is 2.35 bits per heavy atom. The number of aliphatic hydroxyl groups is 1. The number of carbonyl (C=O) groups excluding carboxylic acids is 1. The van der Waals surface area contributed by atoms with E-state index in [1.807, 2.05) is 0 Å². The number of amides is 1. The van der Waals surface area contributed by atoms with Crippen LogP contribution in [-0.2, 0) is 0 Å². The molecule has 0 aliphatic carbocycles. The third-order valence-corrected chi connectivity index (χ3v) is 2.80. The molecule has 0 bridgehead atoms. The number of aliphatic hydroxyl groups excluding tert-OH is 1. The molecule has 6 nitrogen and oxygen atoms in total. The number of nitrogens with one attached hydrogen (secondary N) is 1. The van der Waals surface area contributed by atoms with E-state index in [1.54, 1.807) is 6.92 Å². The fourth-order valence-electron chi connectivity index (χ4n) is 1.60. The number of benzene rings is 1. The Bertz CT molecular complexity index is 586. The maximum absolute atomic E-state index is 13.9. The summed E-state index contributed by atoms with van der Waals surface area (Å²) in [6.45, 7) is 2.12. The second-order valence-corrected chi connectivity index (χ2v) is 4.50. The zero-order valence-corrected chi connectivity index (χ0v) is 11.0. The van der Waals surface area contributed by atoms with Gasteiger partial charge in [-0.05, 0) is 24.1 Å². The second kappa shape index (κ2) is 6.25. The molecular weight excluding hydrogens is 263 g/mol. The van der Waals surface area contributed by atoms with Crippen molar-refractivity contribution in [2.75, 3.05) is 13.2 Å². The van der Waals surface area contributed by atoms with Crippen LogP contribution in [0.4, 0.5) is 4.39 Å². The van der Waals surface area contributed by atoms with Crippen LogP contribution in [0.15, 0.2) is 30.9 Å². The standard InChI is InChI=1S/C13H15FN4O2/c1-9(6-19)5-16-13(20)10-2-3-12(11(14)4-10)18-8-15-7-17-18/h2-4,7-9,19H,5-6H2,1H3,(H,16,20). The molecule has 0 saturated heterocycles. The van der Waals surface area contributed by atoms with Crippen LogP contribution < -0.4 is 5.32 Å². The summed E-state index contributed by atoms with van der Waals surface area (Å²) in [6, 6.07) is 4.13. The van der Waals surface area contributed by atoms with Gasteiger partial charge in [0.1, 0.15) is 24.2 Å². The molecule has 1 heterocycles. The lowest BCUT2D eigenvalue weighted by atomic mass is 10.1. The Balaban J connectivity index is 2.11. The molecule has 0 radical (unpaired) electrons. The first-order chi connectivity index (χ1) is 9.61. The molecule has 2 rings (SSSR count). The van der Waals surface area contributed by atoms with Crippen LogP contribution in [-0.4, -0.2) is 38.9 Å². The van der Waals surface area contributed by atoms with E-state index in [9.17, 15) is 9.18 Å². The van der Waals surface area contributed by atoms with Crippen LogP contribution in [0.3, 0.4) is 0 Å². The predicted octanol–water partition coefficient (Wildman–Crippen LogP) is 0.765. The number of rotatable bonds is 5. The molecule has 0 aliphatic heterocycles. The van der Waals surface area contributed by atoms with Crippen molar-refractivity contribution in [2.24, 2.45) is 5.92 Å². The molecule has 20 heavy (non-hydrogen) atoms. The van der Waals surface area contributed by atoms with E-state index in [0.29, 0.717) is 6.54 Å². The first kappa shape index (κ1) is 14.1. The normalized spacial score (nSPS) is 12.2. The minimum atomic E-state index is -0.557. The summed E-state index contributed by atoms with van der Waals surface area (Å²) >= 11 is 0. The van der Waals surface area contributed by atoms with Gasteiger partial charge in [-0.1, -0.05) is 6.92 Å². The fraction of sp³-hybridized carbons (Fsp3) is 0.308. The molecule has 0 aliphatic rings. The van der Waals surface area contributed by atoms with Crippen LogP contribution in [0.5, 0.6) is 0 Å². The third-order valence-electron chi connectivity index (χ3n) is 2.80. The van der Waals surface area contributed by atoms with Crippen molar-refractivity contribution in [1.82, 2.24) is 20.1 Å². The van der Waals surface area contributed by atoms with Gasteiger partial charge in [0.2, 0.25) is 0 Å². The zero-order valence-electron chi connectivity index (χ0n) is 11.0. The van der Waals surface area contributed by atoms with Crippen molar-refractivity contribution in [1.29, 1.82) is 0 Å². The molecular formula is C13H15FN4O2. The monoisotopic (exact) mass is 278 g/mol. The molecule has 7 heteroatoms. The van der Waals surface area contributed by atoms with Gasteiger partial charge in [0.25, 0.3) is 5.91 Å². The van der Waals surface area contributed by atoms with Gasteiger partial charge in [0.15, 0.2) is 0 Å². The van der Waals surface area contributed by atoms with Crippen molar-refractivity contribution in [3.63, 3.8) is 0 Å². The van der Waals surface area contributed by atoms with Gasteiger partial charge in [-0.15, -0.1) is 0 Å². The maximum atomic E-state index is 13.9. The van der Waals surface area contributed by atoms with Crippen LogP contribution >= 0.6 is 0 Å². The van der Waals surface area contributed by atoms with Gasteiger partial charge in [0.05, 0.1) is 0 Å². The second-order valence-electron chi connectivity index (χ2n) is 4.50. The topological polar surface area (TPSA) is 80.0 Å². The van der Waals surface area contributed by atoms with Crippen molar-refractivity contribution in [3.05, 3.63) is 42.2 Å². The number of hydrogen-bond acceptors (Lipinski definition) is 4. The van der Waals surface area contributed by atoms with E-state index in [1.165, 1.54) is 29.5 Å². The molecule has 1 aromatic carbocycles. The van der Waals surface area contributed by atoms with Crippen LogP contribution in [0.1, 0.15) is 17.3 Å². The first-order valence-corrected chi connectivity index (χ1v) is 6.15. The molecule has 106 valence electrons. The number of aromatic nitrogens is 3. The van der Waals surface area contributed by atoms with E-state index < -0.39 is 5.82 Å². The Hall–Kier alpha value is -2.28. The number of hydrogen-bond donors (Lipinski definition) is 2. The highest BCUT2D eigenvalue weighted by Gasteiger charge is 2.12. The number of carbonyl (C=O) groups is 1. The minimum absolute atomic E-state index is 0.0140. The lowest BCUT2D eigenvalue weighted by molar-refractivity contribution is 0.0942. The van der Waals surface area contributed by atoms with Gasteiger partial charge in [0, 0.05) is 18.7 Å². The highest BCUT2D eigenvalue weighted by Crippen LogP contribution is 2.14. The van der Waals surface area contributed by atoms with Crippen molar-refractivity contribution < 1.29 is 14.3 Å². The van der Waals surface area contributed by atoms with E-state index in [0.717, 1.165) is 6.07 Å². The van der Waals surface area contributed by atoms with Gasteiger partial charge in [-0.3, -0.25) is 4.79 Å². The smallest absolute Gasteiger partial charge is 0.251 e. The molecule has 1 aromatic heterocycles. The van der Waals surface area contributed by atoms with E-state index in [-0.39, 0.29) is 29.7 Å². The fourth-order valence-corrected chi connectivity index (χ4v) is 1.60. The van der Waals surface area contributed by atoms with Gasteiger partial charge < -0.3 is 10.4 Å². The third kappa shape index (κ3) is 3.18. The van der Waals surface area contributed by atoms with Crippen molar-refractivity contribution in [2.45, 2.75) is 6.92 Å². The average Bonchev–Trinajstić information content (AvgIpc) is 2.98. The molecule has 0 spiro atoms. The largest absolute Gasteiger partial charge is 0.396 e. The predicted molar refractivity (Wildman–Crippen MR) is 69.9 cm³/mol. The number of nitrogens with zero attached hydrogens (tertiary/aromatic N) is 3. The lowest BCUT2D eigenvalue weighted by Gasteiger charge is -2.10. The Kier molecular flexibility index (Phi) is 4.41. The molecule has 0 saturated carbocycles. The lowest BCUT2D eigenvalue weighted by Crippen LogP contribution is -2.29. The molecule has 2 aromatic rings. The molecule has 1 unspecified atom stereocenters. The number of halogens is 1. The summed E-state index contributed by atoms with van der Waals surface area (Å²) in [5, 5.41) is 15.3.